The molecule has 2 atom stereocenters. The van der Waals surface area contributed by atoms with E-state index in [0.29, 0.717) is 0 Å². The average molecular weight is 130 g/mol. The van der Waals surface area contributed by atoms with E-state index in [9.17, 15) is 0 Å². The van der Waals surface area contributed by atoms with Crippen LogP contribution < -0.4 is 27.8 Å². The summed E-state index contributed by atoms with van der Waals surface area (Å²) in [6, 6.07) is 0. The topological polar surface area (TPSA) is 114 Å². The van der Waals surface area contributed by atoms with Crippen molar-refractivity contribution in [3.05, 3.63) is 0 Å². The average Bonchev–Trinajstić information content (AvgIpc) is 1.59. The summed E-state index contributed by atoms with van der Waals surface area (Å²) in [4.78, 5) is 3.70. The van der Waals surface area contributed by atoms with Crippen LogP contribution in [0.4, 0.5) is 0 Å². The number of aliphatic imine (C=N–C) groups is 1. The molecule has 0 amide bonds. The van der Waals surface area contributed by atoms with E-state index in [1.165, 1.54) is 0 Å². The smallest absolute Gasteiger partial charge is 0.193 e. The summed E-state index contributed by atoms with van der Waals surface area (Å²) in [5.41, 5.74) is 15.9. The first kappa shape index (κ1) is 6.27. The van der Waals surface area contributed by atoms with Gasteiger partial charge in [-0.15, -0.1) is 0 Å². The van der Waals surface area contributed by atoms with Crippen molar-refractivity contribution in [1.82, 2.24) is 10.6 Å². The molecule has 0 saturated heterocycles. The first-order valence-electron chi connectivity index (χ1n) is 2.55. The molecule has 1 aliphatic rings. The number of hydrogen-bond donors (Lipinski definition) is 5. The monoisotopic (exact) mass is 130 g/mol. The maximum absolute atomic E-state index is 5.35. The summed E-state index contributed by atoms with van der Waals surface area (Å²) in [5, 5.41) is 5.31. The maximum Gasteiger partial charge on any atom is 0.193 e. The van der Waals surface area contributed by atoms with Crippen molar-refractivity contribution in [3.8, 4) is 0 Å². The number of guanidine groups is 1. The van der Waals surface area contributed by atoms with Crippen molar-refractivity contribution in [2.45, 2.75) is 12.6 Å². The maximum atomic E-state index is 5.35. The van der Waals surface area contributed by atoms with Crippen molar-refractivity contribution >= 4 is 5.96 Å². The Morgan fingerprint density at radius 1 is 1.44 bits per heavy atom. The largest absolute Gasteiger partial charge is 0.370 e. The van der Waals surface area contributed by atoms with Crippen LogP contribution in [0.3, 0.4) is 0 Å². The predicted molar refractivity (Wildman–Crippen MR) is 33.8 cm³/mol. The molecule has 9 heavy (non-hydrogen) atoms. The zero-order valence-electron chi connectivity index (χ0n) is 4.83. The van der Waals surface area contributed by atoms with Crippen molar-refractivity contribution in [1.29, 1.82) is 0 Å². The molecule has 0 spiro atoms. The lowest BCUT2D eigenvalue weighted by Gasteiger charge is -2.23. The molecule has 0 fully saturated rings. The Labute approximate surface area is 52.5 Å². The van der Waals surface area contributed by atoms with Gasteiger partial charge in [-0.2, -0.15) is 0 Å². The molecule has 1 rings (SSSR count). The number of nitrogens with one attached hydrogen (secondary N) is 2. The Balaban J connectivity index is 2.56. The molecular weight excluding hydrogens is 120 g/mol. The Hall–Kier alpha value is -0.850. The highest BCUT2D eigenvalue weighted by atomic mass is 15.4. The molecule has 52 valence electrons. The quantitative estimate of drug-likeness (QED) is 0.239. The second kappa shape index (κ2) is 2.18. The molecule has 0 aromatic carbocycles. The summed E-state index contributed by atoms with van der Waals surface area (Å²) in [6.45, 7) is 0. The van der Waals surface area contributed by atoms with Crippen molar-refractivity contribution in [2.24, 2.45) is 22.2 Å². The molecule has 0 saturated carbocycles. The molecule has 1 heterocycles. The van der Waals surface area contributed by atoms with Gasteiger partial charge in [-0.3, -0.25) is 16.8 Å². The predicted octanol–water partition coefficient (Wildman–Crippen LogP) is -3.02. The molecule has 0 aromatic heterocycles. The highest BCUT2D eigenvalue weighted by Crippen LogP contribution is 1.81. The van der Waals surface area contributed by atoms with Gasteiger partial charge in [0.15, 0.2) is 12.2 Å². The lowest BCUT2D eigenvalue weighted by molar-refractivity contribution is 0.404. The number of nitrogens with zero attached hydrogens (tertiary/aromatic N) is 1. The molecule has 1 aliphatic heterocycles. The molecule has 6 nitrogen and oxygen atoms in total. The summed E-state index contributed by atoms with van der Waals surface area (Å²) in [5.74, 6) is 0.272. The highest BCUT2D eigenvalue weighted by Gasteiger charge is 2.12. The van der Waals surface area contributed by atoms with Gasteiger partial charge in [0.05, 0.1) is 0 Å². The number of rotatable bonds is 0. The number of nitrogens with two attached hydrogens (primary N) is 3. The Kier molecular flexibility index (Phi) is 1.52. The van der Waals surface area contributed by atoms with Crippen LogP contribution in [0.15, 0.2) is 4.99 Å². The van der Waals surface area contributed by atoms with Crippen LogP contribution in [-0.2, 0) is 0 Å². The zero-order valence-corrected chi connectivity index (χ0v) is 4.83. The summed E-state index contributed by atoms with van der Waals surface area (Å²) < 4.78 is 0. The summed E-state index contributed by atoms with van der Waals surface area (Å²) >= 11 is 0. The van der Waals surface area contributed by atoms with E-state index < -0.39 is 12.6 Å². The minimum atomic E-state index is -0.485. The van der Waals surface area contributed by atoms with Crippen LogP contribution in [-0.4, -0.2) is 18.5 Å². The Morgan fingerprint density at radius 2 is 2.11 bits per heavy atom. The van der Waals surface area contributed by atoms with Gasteiger partial charge in [-0.25, -0.2) is 4.99 Å². The molecular formula is C3H10N6. The molecule has 0 bridgehead atoms. The van der Waals surface area contributed by atoms with Gasteiger partial charge in [-0.05, 0) is 0 Å². The van der Waals surface area contributed by atoms with Gasteiger partial charge < -0.3 is 11.1 Å². The second-order valence-corrected chi connectivity index (χ2v) is 1.75. The Morgan fingerprint density at radius 3 is 2.56 bits per heavy atom. The van der Waals surface area contributed by atoms with E-state index >= 15 is 0 Å². The normalized spacial score (nSPS) is 35.1. The third-order valence-corrected chi connectivity index (χ3v) is 0.932. The van der Waals surface area contributed by atoms with E-state index in [4.69, 9.17) is 17.2 Å². The van der Waals surface area contributed by atoms with Gasteiger partial charge in [0.2, 0.25) is 0 Å². The van der Waals surface area contributed by atoms with Gasteiger partial charge in [0.1, 0.15) is 6.29 Å². The van der Waals surface area contributed by atoms with Crippen LogP contribution in [0.2, 0.25) is 0 Å². The van der Waals surface area contributed by atoms with E-state index in [1.807, 2.05) is 0 Å². The highest BCUT2D eigenvalue weighted by molar-refractivity contribution is 5.78. The lowest BCUT2D eigenvalue weighted by Crippen LogP contribution is -2.62. The van der Waals surface area contributed by atoms with Crippen LogP contribution in [0.25, 0.3) is 0 Å². The van der Waals surface area contributed by atoms with Crippen molar-refractivity contribution in [2.75, 3.05) is 0 Å². The van der Waals surface area contributed by atoms with Crippen molar-refractivity contribution in [3.63, 3.8) is 0 Å². The molecule has 0 aromatic rings. The van der Waals surface area contributed by atoms with E-state index in [1.54, 1.807) is 0 Å². The van der Waals surface area contributed by atoms with E-state index in [2.05, 4.69) is 15.6 Å². The fourth-order valence-electron chi connectivity index (χ4n) is 0.609. The third kappa shape index (κ3) is 1.53. The minimum Gasteiger partial charge on any atom is -0.370 e. The molecule has 0 radical (unpaired) electrons. The second-order valence-electron chi connectivity index (χ2n) is 1.75. The first-order valence-corrected chi connectivity index (χ1v) is 2.55. The van der Waals surface area contributed by atoms with Crippen LogP contribution >= 0.6 is 0 Å². The zero-order chi connectivity index (χ0) is 6.85. The molecule has 0 aliphatic carbocycles. The number of hydrogen-bond acceptors (Lipinski definition) is 6. The standard InChI is InChI=1S/C3H10N6/c4-1-7-2(5)9-3(6)8-1/h1-2,7H,4-5H2,(H3,6,8,9). The van der Waals surface area contributed by atoms with Crippen LogP contribution in [0.5, 0.6) is 0 Å². The SMILES string of the molecule is NC1=NC(N)NC(N)N1. The lowest BCUT2D eigenvalue weighted by atomic mass is 10.6. The fourth-order valence-corrected chi connectivity index (χ4v) is 0.609. The molecule has 6 heteroatoms. The third-order valence-electron chi connectivity index (χ3n) is 0.932. The van der Waals surface area contributed by atoms with Gasteiger partial charge in [0.25, 0.3) is 0 Å². The van der Waals surface area contributed by atoms with Gasteiger partial charge in [0, 0.05) is 0 Å². The van der Waals surface area contributed by atoms with E-state index in [0.717, 1.165) is 0 Å². The fraction of sp³-hybridized carbons (Fsp3) is 0.667. The summed E-state index contributed by atoms with van der Waals surface area (Å²) in [7, 11) is 0. The molecule has 2 unspecified atom stereocenters. The van der Waals surface area contributed by atoms with Gasteiger partial charge >= 0.3 is 0 Å². The van der Waals surface area contributed by atoms with Crippen molar-refractivity contribution < 1.29 is 0 Å². The van der Waals surface area contributed by atoms with E-state index in [-0.39, 0.29) is 5.96 Å². The molecule has 8 N–H and O–H groups in total. The summed E-state index contributed by atoms with van der Waals surface area (Å²) in [6.07, 6.45) is -0.876. The minimum absolute atomic E-state index is 0.272. The van der Waals surface area contributed by atoms with Crippen LogP contribution in [0.1, 0.15) is 0 Å². The van der Waals surface area contributed by atoms with Crippen LogP contribution in [0, 0.1) is 0 Å². The first-order chi connectivity index (χ1) is 4.18. The Bertz CT molecular complexity index is 130. The van der Waals surface area contributed by atoms with Gasteiger partial charge in [-0.1, -0.05) is 0 Å².